The lowest BCUT2D eigenvalue weighted by atomic mass is 9.93. The Morgan fingerprint density at radius 2 is 1.64 bits per heavy atom. The molecule has 146 valence electrons. The largest absolute Gasteiger partial charge is 0.366 e. The van der Waals surface area contributed by atoms with E-state index in [0.717, 1.165) is 6.42 Å². The molecule has 1 aliphatic carbocycles. The van der Waals surface area contributed by atoms with Crippen molar-refractivity contribution in [2.24, 2.45) is 5.73 Å². The van der Waals surface area contributed by atoms with Gasteiger partial charge < -0.3 is 5.73 Å². The number of fused-ring (bicyclic) bond motifs is 2. The number of nitrogens with two attached hydrogens (primary N) is 1. The topological polar surface area (TPSA) is 43.1 Å². The average molecular weight is 422 g/mol. The minimum Gasteiger partial charge on any atom is -0.366 e. The van der Waals surface area contributed by atoms with Crippen molar-refractivity contribution in [3.05, 3.63) is 52.6 Å². The van der Waals surface area contributed by atoms with Crippen LogP contribution in [0.15, 0.2) is 35.9 Å². The van der Waals surface area contributed by atoms with Crippen LogP contribution in [0.2, 0.25) is 39.3 Å². The lowest BCUT2D eigenvalue weighted by molar-refractivity contribution is 0.100. The smallest absolute Gasteiger partial charge is 0.249 e. The van der Waals surface area contributed by atoms with Crippen molar-refractivity contribution >= 4 is 44.6 Å². The fourth-order valence-electron chi connectivity index (χ4n) is 5.44. The highest BCUT2D eigenvalue weighted by atomic mass is 29.6. The van der Waals surface area contributed by atoms with E-state index in [9.17, 15) is 4.79 Å². The molecule has 2 nitrogen and oxygen atoms in total. The van der Waals surface area contributed by atoms with Gasteiger partial charge in [-0.05, 0) is 41.7 Å². The van der Waals surface area contributed by atoms with Crippen LogP contribution in [0.1, 0.15) is 28.4 Å². The molecule has 1 heterocycles. The van der Waals surface area contributed by atoms with Crippen molar-refractivity contribution in [3.63, 3.8) is 0 Å². The summed E-state index contributed by atoms with van der Waals surface area (Å²) in [5.74, 6) is -0.301. The van der Waals surface area contributed by atoms with E-state index >= 15 is 0 Å². The second-order valence-electron chi connectivity index (χ2n) is 10.2. The molecule has 28 heavy (non-hydrogen) atoms. The lowest BCUT2D eigenvalue weighted by Crippen LogP contribution is -2.68. The van der Waals surface area contributed by atoms with Crippen molar-refractivity contribution in [1.82, 2.24) is 0 Å². The van der Waals surface area contributed by atoms with Crippen LogP contribution in [0.5, 0.6) is 0 Å². The van der Waals surface area contributed by atoms with Crippen molar-refractivity contribution in [1.29, 1.82) is 0 Å². The number of benzene rings is 2. The molecule has 4 rings (SSSR count). The van der Waals surface area contributed by atoms with Gasteiger partial charge in [-0.25, -0.2) is 0 Å². The minimum absolute atomic E-state index is 0.301. The Labute approximate surface area is 171 Å². The molecule has 2 aliphatic rings. The molecule has 0 spiro atoms. The second-order valence-corrected chi connectivity index (χ2v) is 37.5. The zero-order valence-electron chi connectivity index (χ0n) is 18.2. The third-order valence-corrected chi connectivity index (χ3v) is 49.8. The summed E-state index contributed by atoms with van der Waals surface area (Å²) in [6.07, 6.45) is 3.31. The van der Waals surface area contributed by atoms with Crippen LogP contribution in [-0.4, -0.2) is 28.2 Å². The van der Waals surface area contributed by atoms with Gasteiger partial charge in [-0.3, -0.25) is 4.79 Å². The number of primary amides is 1. The van der Waals surface area contributed by atoms with E-state index in [0.29, 0.717) is 5.56 Å². The Hall–Kier alpha value is -1.70. The van der Waals surface area contributed by atoms with Crippen molar-refractivity contribution < 1.29 is 4.79 Å². The Balaban J connectivity index is 2.16. The predicted octanol–water partition coefficient (Wildman–Crippen LogP) is 4.12. The van der Waals surface area contributed by atoms with Crippen LogP contribution in [0, 0.1) is 0 Å². The molecule has 0 aromatic heterocycles. The zero-order valence-corrected chi connectivity index (χ0v) is 21.2. The maximum Gasteiger partial charge on any atom is 0.249 e. The standard InChI is InChI=1S/C23H31NOSi3/c1-15-13-16-9-8-10-17(19(16)14-15)21-18(23(24)25)11-12-20-22(21)27(4,5)28(6,7)26(20,2)3/h8-12,14H,13H2,1-7H3,(H2,24,25). The van der Waals surface area contributed by atoms with Crippen molar-refractivity contribution in [2.45, 2.75) is 52.6 Å². The van der Waals surface area contributed by atoms with Crippen LogP contribution in [0.25, 0.3) is 17.2 Å². The number of hydrogen-bond donors (Lipinski definition) is 1. The first-order valence-electron chi connectivity index (χ1n) is 10.2. The summed E-state index contributed by atoms with van der Waals surface area (Å²) in [7, 11) is -4.71. The van der Waals surface area contributed by atoms with E-state index in [1.54, 1.807) is 10.4 Å². The van der Waals surface area contributed by atoms with Gasteiger partial charge in [0.25, 0.3) is 0 Å². The van der Waals surface area contributed by atoms with Gasteiger partial charge in [-0.1, -0.05) is 85.6 Å². The summed E-state index contributed by atoms with van der Waals surface area (Å²) in [6.45, 7) is 17.6. The average Bonchev–Trinajstić information content (AvgIpc) is 3.03. The molecular weight excluding hydrogens is 391 g/mol. The quantitative estimate of drug-likeness (QED) is 0.728. The number of amides is 1. The van der Waals surface area contributed by atoms with E-state index < -0.39 is 22.3 Å². The molecule has 2 aromatic carbocycles. The van der Waals surface area contributed by atoms with Gasteiger partial charge in [-0.15, -0.1) is 0 Å². The summed E-state index contributed by atoms with van der Waals surface area (Å²) >= 11 is 0. The molecule has 1 amide bonds. The molecule has 0 saturated carbocycles. The summed E-state index contributed by atoms with van der Waals surface area (Å²) in [5.41, 5.74) is 13.1. The monoisotopic (exact) mass is 421 g/mol. The first-order chi connectivity index (χ1) is 12.9. The SMILES string of the molecule is CC1=Cc2c(cccc2-c2c(C(N)=O)ccc3c2[Si](C)(C)[Si](C)(C)[Si]3(C)C)C1. The fraction of sp³-hybridized carbons (Fsp3) is 0.348. The number of allylic oxidation sites excluding steroid dienone is 1. The molecule has 1 aliphatic heterocycles. The summed E-state index contributed by atoms with van der Waals surface area (Å²) < 4.78 is 0. The maximum absolute atomic E-state index is 12.5. The van der Waals surface area contributed by atoms with Gasteiger partial charge in [-0.2, -0.15) is 0 Å². The van der Waals surface area contributed by atoms with Gasteiger partial charge >= 0.3 is 0 Å². The van der Waals surface area contributed by atoms with E-state index in [2.05, 4.69) is 76.5 Å². The highest BCUT2D eigenvalue weighted by Gasteiger charge is 2.61. The number of carbonyl (C=O) groups excluding carboxylic acids is 1. The van der Waals surface area contributed by atoms with E-state index in [1.165, 1.54) is 27.8 Å². The van der Waals surface area contributed by atoms with Crippen molar-refractivity contribution in [2.75, 3.05) is 0 Å². The van der Waals surface area contributed by atoms with Crippen molar-refractivity contribution in [3.8, 4) is 11.1 Å². The van der Waals surface area contributed by atoms with E-state index in [-0.39, 0.29) is 5.91 Å². The Bertz CT molecular complexity index is 1060. The van der Waals surface area contributed by atoms with Gasteiger partial charge in [0.05, 0.1) is 15.2 Å². The van der Waals surface area contributed by atoms with Gasteiger partial charge in [0.15, 0.2) is 0 Å². The molecule has 5 heteroatoms. The number of rotatable bonds is 2. The lowest BCUT2D eigenvalue weighted by Gasteiger charge is -2.40. The minimum atomic E-state index is -1.71. The maximum atomic E-state index is 12.5. The third-order valence-electron chi connectivity index (χ3n) is 8.22. The fourth-order valence-corrected chi connectivity index (χ4v) is 40.2. The molecule has 0 fully saturated rings. The number of carbonyl (C=O) groups is 1. The molecule has 0 bridgehead atoms. The molecule has 0 radical (unpaired) electrons. The van der Waals surface area contributed by atoms with Crippen LogP contribution < -0.4 is 16.1 Å². The first-order valence-corrected chi connectivity index (χ1v) is 21.2. The Kier molecular flexibility index (Phi) is 4.14. The molecule has 0 unspecified atom stereocenters. The Morgan fingerprint density at radius 1 is 0.964 bits per heavy atom. The summed E-state index contributed by atoms with van der Waals surface area (Å²) in [5, 5.41) is 3.14. The zero-order chi connectivity index (χ0) is 20.6. The predicted molar refractivity (Wildman–Crippen MR) is 129 cm³/mol. The highest BCUT2D eigenvalue weighted by molar-refractivity contribution is 7.76. The molecule has 2 aromatic rings. The van der Waals surface area contributed by atoms with Crippen LogP contribution in [0.4, 0.5) is 0 Å². The van der Waals surface area contributed by atoms with E-state index in [4.69, 9.17) is 5.73 Å². The second kappa shape index (κ2) is 5.91. The third kappa shape index (κ3) is 2.33. The molecule has 0 atom stereocenters. The van der Waals surface area contributed by atoms with Gasteiger partial charge in [0.2, 0.25) is 5.91 Å². The summed E-state index contributed by atoms with van der Waals surface area (Å²) in [6, 6.07) is 10.9. The normalized spacial score (nSPS) is 20.5. The van der Waals surface area contributed by atoms with Crippen LogP contribution in [-0.2, 0) is 6.42 Å². The summed E-state index contributed by atoms with van der Waals surface area (Å²) in [4.78, 5) is 12.5. The molecule has 2 N–H and O–H groups in total. The van der Waals surface area contributed by atoms with Crippen LogP contribution in [0.3, 0.4) is 0 Å². The highest BCUT2D eigenvalue weighted by Crippen LogP contribution is 2.40. The Morgan fingerprint density at radius 3 is 2.29 bits per heavy atom. The molecule has 0 saturated heterocycles. The van der Waals surface area contributed by atoms with Crippen LogP contribution >= 0.6 is 0 Å². The first kappa shape index (κ1) is 19.6. The van der Waals surface area contributed by atoms with E-state index in [1.807, 2.05) is 6.07 Å². The molecular formula is C23H31NOSi3. The van der Waals surface area contributed by atoms with Gasteiger partial charge in [0, 0.05) is 12.7 Å². The number of hydrogen-bond acceptors (Lipinski definition) is 1. The van der Waals surface area contributed by atoms with Gasteiger partial charge in [0.1, 0.15) is 0 Å².